The van der Waals surface area contributed by atoms with Crippen LogP contribution in [0.1, 0.15) is 53.4 Å². The highest BCUT2D eigenvalue weighted by Crippen LogP contribution is 2.60. The van der Waals surface area contributed by atoms with Gasteiger partial charge in [-0.1, -0.05) is 11.9 Å². The lowest BCUT2D eigenvalue weighted by Crippen LogP contribution is -2.41. The molecule has 2 atom stereocenters. The number of halogens is 1. The minimum atomic E-state index is -0.445. The average molecular weight is 448 g/mol. The van der Waals surface area contributed by atoms with Crippen molar-refractivity contribution < 1.29 is 9.18 Å². The standard InChI is InChI=1S/C21H26FN5OS2/c1-11-9-13(5-8-27(11)29-4)24-20-23-10-14(22)16(25-20)17-12(2)15-18(30-17)21(6-7-21)26(3)19(15)28/h10-11,13H,5-9H2,1-4H3,(H,23,24,25)/t11-,13+/m1/s1. The first-order valence-electron chi connectivity index (χ1n) is 10.4. The molecule has 0 bridgehead atoms. The number of anilines is 1. The van der Waals surface area contributed by atoms with Gasteiger partial charge in [-0.25, -0.2) is 18.7 Å². The smallest absolute Gasteiger partial charge is 0.255 e. The Kier molecular flexibility index (Phi) is 4.83. The lowest BCUT2D eigenvalue weighted by Gasteiger charge is -2.36. The van der Waals surface area contributed by atoms with Crippen molar-refractivity contribution in [2.45, 2.75) is 57.2 Å². The Morgan fingerprint density at radius 1 is 1.40 bits per heavy atom. The molecule has 6 nitrogen and oxygen atoms in total. The zero-order chi connectivity index (χ0) is 21.2. The van der Waals surface area contributed by atoms with Gasteiger partial charge in [-0.15, -0.1) is 11.3 Å². The maximum absolute atomic E-state index is 14.8. The topological polar surface area (TPSA) is 61.4 Å². The molecule has 1 saturated heterocycles. The van der Waals surface area contributed by atoms with Crippen LogP contribution < -0.4 is 5.32 Å². The highest BCUT2D eigenvalue weighted by molar-refractivity contribution is 7.96. The van der Waals surface area contributed by atoms with Gasteiger partial charge in [-0.3, -0.25) is 4.79 Å². The summed E-state index contributed by atoms with van der Waals surface area (Å²) in [5.74, 6) is 0.0587. The van der Waals surface area contributed by atoms with E-state index in [0.29, 0.717) is 17.7 Å². The molecule has 30 heavy (non-hydrogen) atoms. The van der Waals surface area contributed by atoms with Crippen LogP contribution in [0, 0.1) is 12.7 Å². The third kappa shape index (κ3) is 2.97. The Balaban J connectivity index is 1.44. The number of hydrogen-bond donors (Lipinski definition) is 1. The molecule has 0 radical (unpaired) electrons. The molecule has 2 aromatic rings. The lowest BCUT2D eigenvalue weighted by molar-refractivity contribution is 0.0755. The summed E-state index contributed by atoms with van der Waals surface area (Å²) >= 11 is 3.30. The quantitative estimate of drug-likeness (QED) is 0.707. The number of hydrogen-bond acceptors (Lipinski definition) is 7. The number of amides is 1. The molecule has 4 heterocycles. The number of rotatable bonds is 4. The van der Waals surface area contributed by atoms with E-state index in [2.05, 4.69) is 32.8 Å². The second-order valence-corrected chi connectivity index (χ2v) is 10.4. The molecule has 9 heteroatoms. The molecule has 1 amide bonds. The number of nitrogens with zero attached hydrogens (tertiary/aromatic N) is 4. The first-order valence-corrected chi connectivity index (χ1v) is 12.4. The van der Waals surface area contributed by atoms with E-state index in [0.717, 1.165) is 53.1 Å². The highest BCUT2D eigenvalue weighted by Gasteiger charge is 2.58. The Hall–Kier alpha value is -1.71. The molecule has 5 rings (SSSR count). The molecule has 2 aromatic heterocycles. The predicted octanol–water partition coefficient (Wildman–Crippen LogP) is 4.27. The predicted molar refractivity (Wildman–Crippen MR) is 119 cm³/mol. The van der Waals surface area contributed by atoms with E-state index >= 15 is 0 Å². The first kappa shape index (κ1) is 20.2. The number of thiophene rings is 1. The van der Waals surface area contributed by atoms with Gasteiger partial charge in [0.2, 0.25) is 5.95 Å². The molecule has 160 valence electrons. The van der Waals surface area contributed by atoms with Crippen molar-refractivity contribution in [2.75, 3.05) is 25.2 Å². The van der Waals surface area contributed by atoms with E-state index in [1.807, 2.05) is 18.9 Å². The molecule has 0 unspecified atom stereocenters. The number of fused-ring (bicyclic) bond motifs is 2. The first-order chi connectivity index (χ1) is 14.4. The van der Waals surface area contributed by atoms with Gasteiger partial charge in [-0.2, -0.15) is 0 Å². The van der Waals surface area contributed by atoms with Crippen LogP contribution in [0.15, 0.2) is 6.20 Å². The number of carbonyl (C=O) groups is 1. The van der Waals surface area contributed by atoms with Gasteiger partial charge in [0.25, 0.3) is 5.91 Å². The van der Waals surface area contributed by atoms with Gasteiger partial charge in [0, 0.05) is 30.6 Å². The largest absolute Gasteiger partial charge is 0.351 e. The van der Waals surface area contributed by atoms with Crippen molar-refractivity contribution in [1.29, 1.82) is 0 Å². The maximum atomic E-state index is 14.8. The van der Waals surface area contributed by atoms with Crippen LogP contribution in [0.25, 0.3) is 10.6 Å². The van der Waals surface area contributed by atoms with Gasteiger partial charge >= 0.3 is 0 Å². The minimum Gasteiger partial charge on any atom is -0.351 e. The number of carbonyl (C=O) groups excluding carboxylic acids is 1. The van der Waals surface area contributed by atoms with Gasteiger partial charge in [0.1, 0.15) is 5.69 Å². The van der Waals surface area contributed by atoms with Crippen LogP contribution in [0.3, 0.4) is 0 Å². The van der Waals surface area contributed by atoms with E-state index in [1.54, 1.807) is 11.9 Å². The van der Waals surface area contributed by atoms with Crippen LogP contribution >= 0.6 is 23.3 Å². The molecular formula is C21H26FN5OS2. The average Bonchev–Trinajstić information content (AvgIpc) is 3.42. The summed E-state index contributed by atoms with van der Waals surface area (Å²) in [6, 6.07) is 0.729. The summed E-state index contributed by atoms with van der Waals surface area (Å²) in [6.07, 6.45) is 7.30. The summed E-state index contributed by atoms with van der Waals surface area (Å²) in [4.78, 5) is 25.2. The molecule has 0 aromatic carbocycles. The molecule has 1 spiro atoms. The molecule has 1 aliphatic carbocycles. The van der Waals surface area contributed by atoms with Gasteiger partial charge in [0.15, 0.2) is 5.82 Å². The van der Waals surface area contributed by atoms with E-state index in [-0.39, 0.29) is 17.5 Å². The third-order valence-electron chi connectivity index (χ3n) is 6.80. The van der Waals surface area contributed by atoms with Crippen molar-refractivity contribution in [2.24, 2.45) is 0 Å². The second-order valence-electron chi connectivity index (χ2n) is 8.58. The van der Waals surface area contributed by atoms with Crippen LogP contribution in [0.2, 0.25) is 0 Å². The summed E-state index contributed by atoms with van der Waals surface area (Å²) in [6.45, 7) is 5.13. The summed E-state index contributed by atoms with van der Waals surface area (Å²) in [5.41, 5.74) is 1.72. The van der Waals surface area contributed by atoms with Gasteiger partial charge < -0.3 is 10.2 Å². The number of aromatic nitrogens is 2. The highest BCUT2D eigenvalue weighted by atomic mass is 32.2. The monoisotopic (exact) mass is 447 g/mol. The van der Waals surface area contributed by atoms with Crippen molar-refractivity contribution in [3.8, 4) is 10.6 Å². The van der Waals surface area contributed by atoms with Crippen LogP contribution in [0.5, 0.6) is 0 Å². The fraction of sp³-hybridized carbons (Fsp3) is 0.571. The Labute approximate surface area is 184 Å². The SMILES string of the molecule is CSN1CC[C@H](Nc2ncc(F)c(-c3sc4c(c3C)C(=O)N(C)C43CC3)n2)C[C@H]1C. The Morgan fingerprint density at radius 3 is 2.83 bits per heavy atom. The fourth-order valence-electron chi connectivity index (χ4n) is 4.85. The molecule has 2 fully saturated rings. The number of nitrogens with one attached hydrogen (secondary N) is 1. The zero-order valence-electron chi connectivity index (χ0n) is 17.7. The third-order valence-corrected chi connectivity index (χ3v) is 9.30. The molecule has 3 aliphatic rings. The molecule has 1 N–H and O–H groups in total. The lowest BCUT2D eigenvalue weighted by atomic mass is 10.0. The Bertz CT molecular complexity index is 1020. The van der Waals surface area contributed by atoms with Crippen molar-refractivity contribution in [3.63, 3.8) is 0 Å². The van der Waals surface area contributed by atoms with Crippen LogP contribution in [0.4, 0.5) is 10.3 Å². The van der Waals surface area contributed by atoms with Crippen molar-refractivity contribution in [1.82, 2.24) is 19.2 Å². The summed E-state index contributed by atoms with van der Waals surface area (Å²) in [7, 11) is 1.87. The second kappa shape index (κ2) is 7.17. The zero-order valence-corrected chi connectivity index (χ0v) is 19.3. The van der Waals surface area contributed by atoms with Gasteiger partial charge in [-0.05, 0) is 51.3 Å². The van der Waals surface area contributed by atoms with Crippen LogP contribution in [-0.4, -0.2) is 57.0 Å². The van der Waals surface area contributed by atoms with E-state index < -0.39 is 5.82 Å². The summed E-state index contributed by atoms with van der Waals surface area (Å²) < 4.78 is 17.1. The maximum Gasteiger partial charge on any atom is 0.255 e. The number of piperidine rings is 1. The fourth-order valence-corrected chi connectivity index (χ4v) is 7.16. The van der Waals surface area contributed by atoms with E-state index in [9.17, 15) is 9.18 Å². The van der Waals surface area contributed by atoms with Crippen molar-refractivity contribution in [3.05, 3.63) is 28.0 Å². The molecule has 1 saturated carbocycles. The summed E-state index contributed by atoms with van der Waals surface area (Å²) in [5, 5.41) is 3.41. The molecule has 2 aliphatic heterocycles. The Morgan fingerprint density at radius 2 is 2.17 bits per heavy atom. The van der Waals surface area contributed by atoms with E-state index in [4.69, 9.17) is 0 Å². The van der Waals surface area contributed by atoms with Crippen molar-refractivity contribution >= 4 is 35.1 Å². The normalized spacial score (nSPS) is 25.1. The van der Waals surface area contributed by atoms with Crippen LogP contribution in [-0.2, 0) is 5.54 Å². The van der Waals surface area contributed by atoms with Gasteiger partial charge in [0.05, 0.1) is 22.2 Å². The van der Waals surface area contributed by atoms with E-state index in [1.165, 1.54) is 17.5 Å². The minimum absolute atomic E-state index is 0.0462. The molecular weight excluding hydrogens is 421 g/mol.